The van der Waals surface area contributed by atoms with Crippen molar-refractivity contribution in [2.75, 3.05) is 6.54 Å². The quantitative estimate of drug-likeness (QED) is 0.436. The summed E-state index contributed by atoms with van der Waals surface area (Å²) in [6.07, 6.45) is 1.33. The van der Waals surface area contributed by atoms with Gasteiger partial charge < -0.3 is 10.3 Å². The molecule has 9 heteroatoms. The molecule has 0 aliphatic carbocycles. The maximum atomic E-state index is 14.2. The Morgan fingerprint density at radius 2 is 1.83 bits per heavy atom. The van der Waals surface area contributed by atoms with Crippen LogP contribution in [0.15, 0.2) is 42.2 Å². The van der Waals surface area contributed by atoms with E-state index in [0.717, 1.165) is 33.7 Å². The van der Waals surface area contributed by atoms with Crippen LogP contribution in [0.3, 0.4) is 0 Å². The van der Waals surface area contributed by atoms with Gasteiger partial charge in [-0.05, 0) is 50.6 Å². The number of fused-ring (bicyclic) bond motifs is 1. The maximum absolute atomic E-state index is 14.2. The molecule has 0 atom stereocenters. The first-order chi connectivity index (χ1) is 12.8. The molecule has 0 saturated carbocycles. The van der Waals surface area contributed by atoms with Crippen LogP contribution in [0.4, 0.5) is 10.1 Å². The van der Waals surface area contributed by atoms with E-state index in [4.69, 9.17) is 5.73 Å². The van der Waals surface area contributed by atoms with Crippen molar-refractivity contribution < 1.29 is 9.31 Å². The summed E-state index contributed by atoms with van der Waals surface area (Å²) in [7, 11) is 0. The van der Waals surface area contributed by atoms with Gasteiger partial charge in [0.2, 0.25) is 0 Å². The SMILES string of the molecule is Cc1cc(-c2c(C)n(C/C(F)=C/CN)c3ccc([N+](=O)[O-])cc23)cc(C)n1.Cl.Cl. The van der Waals surface area contributed by atoms with E-state index < -0.39 is 4.92 Å². The third-order valence-electron chi connectivity index (χ3n) is 4.54. The highest BCUT2D eigenvalue weighted by Crippen LogP contribution is 2.37. The molecule has 0 spiro atoms. The second-order valence-corrected chi connectivity index (χ2v) is 6.53. The van der Waals surface area contributed by atoms with Gasteiger partial charge in [0, 0.05) is 52.2 Å². The first kappa shape index (κ1) is 24.6. The van der Waals surface area contributed by atoms with Gasteiger partial charge in [0.05, 0.1) is 11.5 Å². The molecule has 2 aromatic heterocycles. The summed E-state index contributed by atoms with van der Waals surface area (Å²) in [5.41, 5.74) is 10.4. The number of hydrogen-bond donors (Lipinski definition) is 1. The van der Waals surface area contributed by atoms with E-state index in [1.165, 1.54) is 12.1 Å². The first-order valence-electron chi connectivity index (χ1n) is 8.59. The number of non-ortho nitro benzene ring substituents is 1. The summed E-state index contributed by atoms with van der Waals surface area (Å²) in [6, 6.07) is 8.52. The Morgan fingerprint density at radius 1 is 1.21 bits per heavy atom. The number of hydrogen-bond acceptors (Lipinski definition) is 4. The van der Waals surface area contributed by atoms with Crippen molar-refractivity contribution in [1.82, 2.24) is 9.55 Å². The van der Waals surface area contributed by atoms with Gasteiger partial charge in [0.1, 0.15) is 5.83 Å². The lowest BCUT2D eigenvalue weighted by molar-refractivity contribution is -0.384. The van der Waals surface area contributed by atoms with Crippen LogP contribution in [0.1, 0.15) is 17.1 Å². The zero-order chi connectivity index (χ0) is 19.7. The molecule has 29 heavy (non-hydrogen) atoms. The predicted octanol–water partition coefficient (Wildman–Crippen LogP) is 5.19. The van der Waals surface area contributed by atoms with Crippen molar-refractivity contribution in [3.05, 3.63) is 69.4 Å². The van der Waals surface area contributed by atoms with Gasteiger partial charge in [-0.1, -0.05) is 0 Å². The summed E-state index contributed by atoms with van der Waals surface area (Å²) in [5, 5.41) is 12.0. The van der Waals surface area contributed by atoms with E-state index in [1.54, 1.807) is 12.1 Å². The summed E-state index contributed by atoms with van der Waals surface area (Å²) in [6.45, 7) is 5.84. The van der Waals surface area contributed by atoms with Gasteiger partial charge in [-0.3, -0.25) is 15.1 Å². The van der Waals surface area contributed by atoms with Crippen molar-refractivity contribution in [1.29, 1.82) is 0 Å². The van der Waals surface area contributed by atoms with Gasteiger partial charge >= 0.3 is 0 Å². The van der Waals surface area contributed by atoms with E-state index in [2.05, 4.69) is 4.98 Å². The van der Waals surface area contributed by atoms with Crippen LogP contribution in [0.5, 0.6) is 0 Å². The van der Waals surface area contributed by atoms with Crippen molar-refractivity contribution >= 4 is 41.4 Å². The fraction of sp³-hybridized carbons (Fsp3) is 0.250. The lowest BCUT2D eigenvalue weighted by Crippen LogP contribution is -2.03. The number of rotatable bonds is 5. The monoisotopic (exact) mass is 440 g/mol. The zero-order valence-corrected chi connectivity index (χ0v) is 17.9. The number of pyridine rings is 1. The minimum atomic E-state index is -0.423. The van der Waals surface area contributed by atoms with Crippen LogP contribution < -0.4 is 5.73 Å². The third-order valence-corrected chi connectivity index (χ3v) is 4.54. The normalized spacial score (nSPS) is 11.1. The van der Waals surface area contributed by atoms with Crippen LogP contribution in [0.25, 0.3) is 22.0 Å². The van der Waals surface area contributed by atoms with E-state index in [1.807, 2.05) is 37.5 Å². The fourth-order valence-electron chi connectivity index (χ4n) is 3.47. The molecule has 0 aliphatic heterocycles. The Bertz CT molecular complexity index is 1060. The highest BCUT2D eigenvalue weighted by Gasteiger charge is 2.20. The van der Waals surface area contributed by atoms with Gasteiger partial charge in [-0.15, -0.1) is 24.8 Å². The topological polar surface area (TPSA) is 87.0 Å². The molecule has 3 rings (SSSR count). The van der Waals surface area contributed by atoms with E-state index >= 15 is 0 Å². The lowest BCUT2D eigenvalue weighted by atomic mass is 10.0. The summed E-state index contributed by atoms with van der Waals surface area (Å²) in [4.78, 5) is 15.2. The van der Waals surface area contributed by atoms with E-state index in [-0.39, 0.29) is 49.4 Å². The van der Waals surface area contributed by atoms with Crippen LogP contribution in [0, 0.1) is 30.9 Å². The molecular formula is C20H23Cl2FN4O2. The Hall–Kier alpha value is -2.48. The Kier molecular flexibility index (Phi) is 8.32. The third kappa shape index (κ3) is 4.93. The van der Waals surface area contributed by atoms with Crippen LogP contribution >= 0.6 is 24.8 Å². The molecule has 0 radical (unpaired) electrons. The van der Waals surface area contributed by atoms with Crippen molar-refractivity contribution in [3.8, 4) is 11.1 Å². The van der Waals surface area contributed by atoms with Gasteiger partial charge in [0.15, 0.2) is 0 Å². The van der Waals surface area contributed by atoms with Crippen molar-refractivity contribution in [3.63, 3.8) is 0 Å². The number of halogens is 3. The highest BCUT2D eigenvalue weighted by molar-refractivity contribution is 5.99. The predicted molar refractivity (Wildman–Crippen MR) is 119 cm³/mol. The Labute approximate surface area is 180 Å². The van der Waals surface area contributed by atoms with Crippen molar-refractivity contribution in [2.24, 2.45) is 5.73 Å². The van der Waals surface area contributed by atoms with Gasteiger partial charge in [-0.25, -0.2) is 4.39 Å². The second kappa shape index (κ2) is 9.82. The largest absolute Gasteiger partial charge is 0.337 e. The number of nitro groups is 1. The van der Waals surface area contributed by atoms with Crippen molar-refractivity contribution in [2.45, 2.75) is 27.3 Å². The van der Waals surface area contributed by atoms with Gasteiger partial charge in [0.25, 0.3) is 5.69 Å². The van der Waals surface area contributed by atoms with Gasteiger partial charge in [-0.2, -0.15) is 0 Å². The smallest absolute Gasteiger partial charge is 0.270 e. The maximum Gasteiger partial charge on any atom is 0.270 e. The molecule has 0 amide bonds. The summed E-state index contributed by atoms with van der Waals surface area (Å²) in [5.74, 6) is -0.343. The fourth-order valence-corrected chi connectivity index (χ4v) is 3.47. The molecule has 6 nitrogen and oxygen atoms in total. The van der Waals surface area contributed by atoms with Crippen LogP contribution in [-0.4, -0.2) is 21.0 Å². The number of nitrogens with two attached hydrogens (primary N) is 1. The highest BCUT2D eigenvalue weighted by atomic mass is 35.5. The molecule has 0 bridgehead atoms. The molecule has 2 N–H and O–H groups in total. The zero-order valence-electron chi connectivity index (χ0n) is 16.3. The minimum absolute atomic E-state index is 0. The molecule has 0 fully saturated rings. The number of aromatic nitrogens is 2. The summed E-state index contributed by atoms with van der Waals surface area (Å²) < 4.78 is 16.0. The average molecular weight is 441 g/mol. The first-order valence-corrected chi connectivity index (χ1v) is 8.59. The molecule has 1 aromatic carbocycles. The number of allylic oxidation sites excluding steroid dienone is 1. The molecule has 156 valence electrons. The van der Waals surface area contributed by atoms with E-state index in [0.29, 0.717) is 5.39 Å². The average Bonchev–Trinajstić information content (AvgIpc) is 2.85. The Morgan fingerprint density at radius 3 is 2.38 bits per heavy atom. The standard InChI is InChI=1S/C20H21FN4O2.2ClH/c1-12-8-15(9-13(2)23-12)20-14(3)24(11-16(21)6-7-22)19-5-4-17(25(26)27)10-18(19)20;;/h4-6,8-10H,7,11,22H2,1-3H3;2*1H/b16-6-;;. The van der Waals surface area contributed by atoms with Crippen LogP contribution in [-0.2, 0) is 6.54 Å². The molecule has 0 aliphatic rings. The van der Waals surface area contributed by atoms with E-state index in [9.17, 15) is 14.5 Å². The number of nitro benzene ring substituents is 1. The molecule has 3 aromatic rings. The summed E-state index contributed by atoms with van der Waals surface area (Å²) >= 11 is 0. The minimum Gasteiger partial charge on any atom is -0.337 e. The Balaban J connectivity index is 0.00000210. The molecule has 2 heterocycles. The number of nitrogens with zero attached hydrogens (tertiary/aromatic N) is 3. The molecule has 0 unspecified atom stereocenters. The number of benzene rings is 1. The number of aryl methyl sites for hydroxylation is 2. The molecular weight excluding hydrogens is 418 g/mol. The molecule has 0 saturated heterocycles. The lowest BCUT2D eigenvalue weighted by Gasteiger charge is -2.08. The second-order valence-electron chi connectivity index (χ2n) is 6.53. The van der Waals surface area contributed by atoms with Crippen LogP contribution in [0.2, 0.25) is 0 Å².